The van der Waals surface area contributed by atoms with Crippen molar-refractivity contribution < 1.29 is 27.9 Å². The molecule has 0 saturated carbocycles. The number of carbonyl (C=O) groups excluding carboxylic acids is 1. The summed E-state index contributed by atoms with van der Waals surface area (Å²) in [5, 5.41) is 10.3. The molecule has 1 amide bonds. The number of hydrogen-bond donors (Lipinski definition) is 2. The number of alkyl halides is 3. The summed E-state index contributed by atoms with van der Waals surface area (Å²) in [5.41, 5.74) is 0.523. The second kappa shape index (κ2) is 6.22. The van der Waals surface area contributed by atoms with E-state index in [1.165, 1.54) is 5.32 Å². The van der Waals surface area contributed by atoms with Gasteiger partial charge in [-0.15, -0.1) is 0 Å². The largest absolute Gasteiger partial charge is 0.480 e. The van der Waals surface area contributed by atoms with Crippen LogP contribution in [0.2, 0.25) is 0 Å². The van der Waals surface area contributed by atoms with E-state index in [-0.39, 0.29) is 6.42 Å². The minimum Gasteiger partial charge on any atom is -0.480 e. The van der Waals surface area contributed by atoms with Gasteiger partial charge < -0.3 is 10.4 Å². The Morgan fingerprint density at radius 2 is 1.79 bits per heavy atom. The summed E-state index contributed by atoms with van der Waals surface area (Å²) in [6.07, 6.45) is -5.31. The summed E-state index contributed by atoms with van der Waals surface area (Å²) in [6, 6.07) is 4.96. The van der Waals surface area contributed by atoms with Crippen LogP contribution in [0.5, 0.6) is 0 Å². The van der Waals surface area contributed by atoms with Gasteiger partial charge in [0.05, 0.1) is 0 Å². The Balaban J connectivity index is 2.77. The average Bonchev–Trinajstić information content (AvgIpc) is 2.29. The number of carbonyl (C=O) groups is 2. The number of carboxylic acid groups (broad SMARTS) is 1. The second-order valence-electron chi connectivity index (χ2n) is 3.69. The van der Waals surface area contributed by atoms with Crippen molar-refractivity contribution in [3.05, 3.63) is 33.4 Å². The minimum absolute atomic E-state index is 0.214. The van der Waals surface area contributed by atoms with Crippen molar-refractivity contribution in [2.45, 2.75) is 18.6 Å². The van der Waals surface area contributed by atoms with Crippen LogP contribution in [0, 0.1) is 3.57 Å². The molecule has 1 aromatic rings. The SMILES string of the molecule is O=C(O)[C@H](Cc1ccc(I)cc1)NC(=O)C(F)(F)F. The number of amides is 1. The van der Waals surface area contributed by atoms with Crippen LogP contribution in [0.3, 0.4) is 0 Å². The zero-order valence-corrected chi connectivity index (χ0v) is 11.5. The zero-order chi connectivity index (χ0) is 14.6. The molecule has 0 bridgehead atoms. The molecule has 0 spiro atoms. The van der Waals surface area contributed by atoms with Gasteiger partial charge in [0, 0.05) is 9.99 Å². The van der Waals surface area contributed by atoms with Gasteiger partial charge in [-0.2, -0.15) is 13.2 Å². The van der Waals surface area contributed by atoms with Crippen LogP contribution in [0.15, 0.2) is 24.3 Å². The highest BCUT2D eigenvalue weighted by Gasteiger charge is 2.40. The van der Waals surface area contributed by atoms with Gasteiger partial charge in [0.2, 0.25) is 0 Å². The normalized spacial score (nSPS) is 12.8. The maximum Gasteiger partial charge on any atom is 0.471 e. The van der Waals surface area contributed by atoms with Gasteiger partial charge in [0.15, 0.2) is 0 Å². The van der Waals surface area contributed by atoms with Gasteiger partial charge in [-0.3, -0.25) is 4.79 Å². The lowest BCUT2D eigenvalue weighted by Crippen LogP contribution is -2.47. The Bertz CT molecular complexity index is 473. The molecular formula is C11H9F3INO3. The van der Waals surface area contributed by atoms with Crippen molar-refractivity contribution in [2.24, 2.45) is 0 Å². The minimum atomic E-state index is -5.10. The van der Waals surface area contributed by atoms with E-state index in [4.69, 9.17) is 5.11 Å². The molecule has 104 valence electrons. The number of carboxylic acids is 1. The summed E-state index contributed by atoms with van der Waals surface area (Å²) in [6.45, 7) is 0. The molecule has 0 heterocycles. The molecule has 1 rings (SSSR count). The molecular weight excluding hydrogens is 378 g/mol. The van der Waals surface area contributed by atoms with Crippen molar-refractivity contribution in [1.82, 2.24) is 5.32 Å². The number of rotatable bonds is 4. The molecule has 0 fully saturated rings. The van der Waals surface area contributed by atoms with E-state index < -0.39 is 24.1 Å². The van der Waals surface area contributed by atoms with Crippen LogP contribution < -0.4 is 5.32 Å². The molecule has 1 aromatic carbocycles. The molecule has 0 aliphatic carbocycles. The highest BCUT2D eigenvalue weighted by Crippen LogP contribution is 2.15. The van der Waals surface area contributed by atoms with Gasteiger partial charge in [-0.05, 0) is 40.3 Å². The van der Waals surface area contributed by atoms with Crippen LogP contribution in [0.25, 0.3) is 0 Å². The Kier molecular flexibility index (Phi) is 5.15. The molecule has 8 heteroatoms. The summed E-state index contributed by atoms with van der Waals surface area (Å²) < 4.78 is 37.1. The summed E-state index contributed by atoms with van der Waals surface area (Å²) in [7, 11) is 0. The number of hydrogen-bond acceptors (Lipinski definition) is 2. The maximum atomic E-state index is 12.1. The fourth-order valence-corrected chi connectivity index (χ4v) is 1.66. The quantitative estimate of drug-likeness (QED) is 0.777. The number of benzene rings is 1. The van der Waals surface area contributed by atoms with E-state index in [1.807, 2.05) is 22.6 Å². The van der Waals surface area contributed by atoms with Crippen molar-refractivity contribution in [2.75, 3.05) is 0 Å². The van der Waals surface area contributed by atoms with E-state index in [2.05, 4.69) is 0 Å². The Morgan fingerprint density at radius 3 is 2.21 bits per heavy atom. The first-order chi connectivity index (χ1) is 8.70. The number of halogens is 4. The van der Waals surface area contributed by atoms with E-state index in [0.29, 0.717) is 5.56 Å². The first-order valence-corrected chi connectivity index (χ1v) is 6.13. The molecule has 4 nitrogen and oxygen atoms in total. The van der Waals surface area contributed by atoms with Crippen molar-refractivity contribution in [3.8, 4) is 0 Å². The average molecular weight is 387 g/mol. The lowest BCUT2D eigenvalue weighted by atomic mass is 10.1. The van der Waals surface area contributed by atoms with E-state index in [0.717, 1.165) is 3.57 Å². The van der Waals surface area contributed by atoms with E-state index in [9.17, 15) is 22.8 Å². The highest BCUT2D eigenvalue weighted by atomic mass is 127. The standard InChI is InChI=1S/C11H9F3INO3/c12-11(13,14)10(19)16-8(9(17)18)5-6-1-3-7(15)4-2-6/h1-4,8H,5H2,(H,16,19)(H,17,18)/t8-/m0/s1. The van der Waals surface area contributed by atoms with E-state index >= 15 is 0 Å². The van der Waals surface area contributed by atoms with Crippen LogP contribution >= 0.6 is 22.6 Å². The first-order valence-electron chi connectivity index (χ1n) is 5.05. The third-order valence-corrected chi connectivity index (χ3v) is 2.93. The summed E-state index contributed by atoms with van der Waals surface area (Å²) in [4.78, 5) is 21.6. The van der Waals surface area contributed by atoms with Gasteiger partial charge in [0.1, 0.15) is 6.04 Å². The lowest BCUT2D eigenvalue weighted by molar-refractivity contribution is -0.175. The molecule has 0 radical (unpaired) electrons. The van der Waals surface area contributed by atoms with Gasteiger partial charge >= 0.3 is 18.1 Å². The Hall–Kier alpha value is -1.32. The van der Waals surface area contributed by atoms with Gasteiger partial charge in [0.25, 0.3) is 0 Å². The van der Waals surface area contributed by atoms with Crippen LogP contribution in [0.1, 0.15) is 5.56 Å². The topological polar surface area (TPSA) is 66.4 Å². The molecule has 0 saturated heterocycles. The highest BCUT2D eigenvalue weighted by molar-refractivity contribution is 14.1. The molecule has 2 N–H and O–H groups in total. The third-order valence-electron chi connectivity index (χ3n) is 2.21. The molecule has 0 aromatic heterocycles. The van der Waals surface area contributed by atoms with Crippen molar-refractivity contribution >= 4 is 34.5 Å². The predicted molar refractivity (Wildman–Crippen MR) is 68.5 cm³/mol. The number of nitrogens with one attached hydrogen (secondary N) is 1. The van der Waals surface area contributed by atoms with Crippen molar-refractivity contribution in [1.29, 1.82) is 0 Å². The number of aliphatic carboxylic acids is 1. The van der Waals surface area contributed by atoms with Crippen LogP contribution in [-0.2, 0) is 16.0 Å². The fourth-order valence-electron chi connectivity index (χ4n) is 1.30. The lowest BCUT2D eigenvalue weighted by Gasteiger charge is -2.15. The van der Waals surface area contributed by atoms with Gasteiger partial charge in [-0.1, -0.05) is 12.1 Å². The van der Waals surface area contributed by atoms with Gasteiger partial charge in [-0.25, -0.2) is 4.79 Å². The third kappa shape index (κ3) is 5.05. The first kappa shape index (κ1) is 15.7. The summed E-state index contributed by atoms with van der Waals surface area (Å²) >= 11 is 2.04. The monoisotopic (exact) mass is 387 g/mol. The van der Waals surface area contributed by atoms with Crippen LogP contribution in [0.4, 0.5) is 13.2 Å². The molecule has 19 heavy (non-hydrogen) atoms. The van der Waals surface area contributed by atoms with E-state index in [1.54, 1.807) is 24.3 Å². The Morgan fingerprint density at radius 1 is 1.26 bits per heavy atom. The molecule has 0 aliphatic rings. The van der Waals surface area contributed by atoms with Crippen molar-refractivity contribution in [3.63, 3.8) is 0 Å². The molecule has 0 aliphatic heterocycles. The molecule has 1 atom stereocenters. The predicted octanol–water partition coefficient (Wildman–Crippen LogP) is 1.97. The zero-order valence-electron chi connectivity index (χ0n) is 9.37. The Labute approximate surface area is 120 Å². The fraction of sp³-hybridized carbons (Fsp3) is 0.273. The smallest absolute Gasteiger partial charge is 0.471 e. The second-order valence-corrected chi connectivity index (χ2v) is 4.94. The van der Waals surface area contributed by atoms with Crippen LogP contribution in [-0.4, -0.2) is 29.2 Å². The molecule has 0 unspecified atom stereocenters. The maximum absolute atomic E-state index is 12.1. The summed E-state index contributed by atoms with van der Waals surface area (Å²) in [5.74, 6) is -3.78.